The van der Waals surface area contributed by atoms with E-state index in [1.165, 1.54) is 17.3 Å². The average Bonchev–Trinajstić information content (AvgIpc) is 2.69. The highest BCUT2D eigenvalue weighted by molar-refractivity contribution is 8.23. The zero-order chi connectivity index (χ0) is 18.4. The first-order valence-corrected chi connectivity index (χ1v) is 9.70. The molecule has 130 valence electrons. The molecule has 1 aromatic heterocycles. The highest BCUT2D eigenvalue weighted by Crippen LogP contribution is 2.23. The molecule has 0 fully saturated rings. The summed E-state index contributed by atoms with van der Waals surface area (Å²) >= 11 is 7.16. The molecule has 2 aromatic carbocycles. The lowest BCUT2D eigenvalue weighted by atomic mass is 10.1. The Balaban J connectivity index is 1.95. The number of nitrogens with zero attached hydrogens (tertiary/aromatic N) is 1. The number of hydrogen-bond donors (Lipinski definition) is 0. The highest BCUT2D eigenvalue weighted by Gasteiger charge is 2.19. The normalized spacial score (nSPS) is 11.7. The van der Waals surface area contributed by atoms with E-state index < -0.39 is 0 Å². The van der Waals surface area contributed by atoms with E-state index in [1.54, 1.807) is 0 Å². The number of hydrogen-bond acceptors (Lipinski definition) is 3. The third-order valence-electron chi connectivity index (χ3n) is 3.91. The topological polar surface area (TPSA) is 26.9 Å². The number of aryl methyl sites for hydroxylation is 1. The van der Waals surface area contributed by atoms with Gasteiger partial charge in [0.25, 0.3) is 0 Å². The van der Waals surface area contributed by atoms with E-state index in [4.69, 9.17) is 12.2 Å². The van der Waals surface area contributed by atoms with E-state index in [0.29, 0.717) is 15.5 Å². The SMILES string of the molecule is Cc1cc[n+](/C(C(=S)SCc2ccccc2)=C(/[O-])c2ccccc2)cc1. The van der Waals surface area contributed by atoms with Crippen molar-refractivity contribution >= 4 is 39.6 Å². The van der Waals surface area contributed by atoms with Crippen LogP contribution in [0.25, 0.3) is 11.5 Å². The van der Waals surface area contributed by atoms with Gasteiger partial charge >= 0.3 is 0 Å². The zero-order valence-corrected chi connectivity index (χ0v) is 16.1. The maximum absolute atomic E-state index is 13.1. The monoisotopic (exact) mass is 377 g/mol. The summed E-state index contributed by atoms with van der Waals surface area (Å²) in [5.74, 6) is 0.669. The maximum Gasteiger partial charge on any atom is 0.228 e. The molecule has 0 saturated carbocycles. The van der Waals surface area contributed by atoms with E-state index in [2.05, 4.69) is 12.1 Å². The first-order valence-electron chi connectivity index (χ1n) is 8.31. The molecule has 3 aromatic rings. The fourth-order valence-electron chi connectivity index (χ4n) is 2.48. The van der Waals surface area contributed by atoms with Crippen LogP contribution in [0.2, 0.25) is 0 Å². The number of rotatable bonds is 5. The van der Waals surface area contributed by atoms with Gasteiger partial charge in [0.2, 0.25) is 5.70 Å². The molecular weight excluding hydrogens is 358 g/mol. The number of aromatic nitrogens is 1. The number of benzene rings is 2. The van der Waals surface area contributed by atoms with Crippen LogP contribution in [0.15, 0.2) is 85.2 Å². The van der Waals surface area contributed by atoms with Crippen molar-refractivity contribution in [2.24, 2.45) is 0 Å². The molecule has 0 unspecified atom stereocenters. The molecule has 3 rings (SSSR count). The number of pyridine rings is 1. The van der Waals surface area contributed by atoms with E-state index >= 15 is 0 Å². The van der Waals surface area contributed by atoms with Gasteiger partial charge in [0.1, 0.15) is 4.20 Å². The Bertz CT molecular complexity index is 904. The van der Waals surface area contributed by atoms with E-state index in [-0.39, 0.29) is 5.76 Å². The second-order valence-corrected chi connectivity index (χ2v) is 7.54. The molecular formula is C22H19NOS2. The van der Waals surface area contributed by atoms with Crippen molar-refractivity contribution in [2.75, 3.05) is 0 Å². The lowest BCUT2D eigenvalue weighted by Gasteiger charge is -2.16. The second kappa shape index (κ2) is 8.79. The van der Waals surface area contributed by atoms with Crippen LogP contribution >= 0.6 is 24.0 Å². The van der Waals surface area contributed by atoms with Crippen molar-refractivity contribution in [1.29, 1.82) is 0 Å². The Labute approximate surface area is 163 Å². The molecule has 2 nitrogen and oxygen atoms in total. The summed E-state index contributed by atoms with van der Waals surface area (Å²) < 4.78 is 2.42. The molecule has 0 N–H and O–H groups in total. The third-order valence-corrected chi connectivity index (χ3v) is 5.39. The largest absolute Gasteiger partial charge is 0.868 e. The number of thiocarbonyl (C=S) groups is 1. The van der Waals surface area contributed by atoms with E-state index in [9.17, 15) is 5.11 Å². The average molecular weight is 378 g/mol. The minimum absolute atomic E-state index is 0.0648. The first kappa shape index (κ1) is 18.4. The lowest BCUT2D eigenvalue weighted by molar-refractivity contribution is -0.577. The fraction of sp³-hybridized carbons (Fsp3) is 0.0909. The molecule has 0 atom stereocenters. The molecule has 0 saturated heterocycles. The number of thioether (sulfide) groups is 1. The summed E-state index contributed by atoms with van der Waals surface area (Å²) in [6.45, 7) is 2.02. The summed E-state index contributed by atoms with van der Waals surface area (Å²) in [4.78, 5) is 0. The van der Waals surface area contributed by atoms with Gasteiger partial charge in [-0.1, -0.05) is 72.9 Å². The molecule has 0 bridgehead atoms. The van der Waals surface area contributed by atoms with Gasteiger partial charge in [-0.3, -0.25) is 0 Å². The predicted octanol–water partition coefficient (Wildman–Crippen LogP) is 4.23. The molecule has 0 aliphatic carbocycles. The van der Waals surface area contributed by atoms with Crippen LogP contribution in [0.3, 0.4) is 0 Å². The van der Waals surface area contributed by atoms with Crippen molar-refractivity contribution in [3.05, 3.63) is 102 Å². The predicted molar refractivity (Wildman–Crippen MR) is 111 cm³/mol. The lowest BCUT2D eigenvalue weighted by Crippen LogP contribution is -2.37. The van der Waals surface area contributed by atoms with E-state index in [1.807, 2.05) is 84.5 Å². The Morgan fingerprint density at radius 3 is 2.12 bits per heavy atom. The fourth-order valence-corrected chi connectivity index (χ4v) is 3.68. The molecule has 0 amide bonds. The zero-order valence-electron chi connectivity index (χ0n) is 14.5. The molecule has 4 heteroatoms. The Morgan fingerprint density at radius 1 is 0.923 bits per heavy atom. The van der Waals surface area contributed by atoms with Crippen LogP contribution in [0.5, 0.6) is 0 Å². The summed E-state index contributed by atoms with van der Waals surface area (Å²) in [7, 11) is 0. The molecule has 0 aliphatic rings. The van der Waals surface area contributed by atoms with Crippen LogP contribution in [0.4, 0.5) is 0 Å². The van der Waals surface area contributed by atoms with Crippen LogP contribution < -0.4 is 9.67 Å². The van der Waals surface area contributed by atoms with Crippen LogP contribution in [0.1, 0.15) is 16.7 Å². The van der Waals surface area contributed by atoms with Gasteiger partial charge < -0.3 is 5.11 Å². The molecule has 26 heavy (non-hydrogen) atoms. The van der Waals surface area contributed by atoms with Gasteiger partial charge in [0.05, 0.1) is 0 Å². The second-order valence-electron chi connectivity index (χ2n) is 5.89. The van der Waals surface area contributed by atoms with Gasteiger partial charge in [-0.15, -0.1) is 11.8 Å². The standard InChI is InChI=1S/C22H19NOS2/c1-17-12-14-23(15-13-17)20(21(24)19-10-6-3-7-11-19)22(25)26-16-18-8-4-2-5-9-18/h2-15H,16H2,1H3. The summed E-state index contributed by atoms with van der Waals surface area (Å²) in [5.41, 5.74) is 3.47. The summed E-state index contributed by atoms with van der Waals surface area (Å²) in [6, 6.07) is 23.4. The summed E-state index contributed by atoms with van der Waals surface area (Å²) in [6.07, 6.45) is 3.78. The Hall–Kier alpha value is -2.43. The van der Waals surface area contributed by atoms with Gasteiger partial charge in [-0.25, -0.2) is 0 Å². The minimum Gasteiger partial charge on any atom is -0.868 e. The Kier molecular flexibility index (Phi) is 6.21. The highest BCUT2D eigenvalue weighted by atomic mass is 32.2. The van der Waals surface area contributed by atoms with Gasteiger partial charge in [-0.2, -0.15) is 4.57 Å². The van der Waals surface area contributed by atoms with Gasteiger partial charge in [0.15, 0.2) is 12.4 Å². The van der Waals surface area contributed by atoms with E-state index in [0.717, 1.165) is 11.3 Å². The van der Waals surface area contributed by atoms with Gasteiger partial charge in [0, 0.05) is 17.9 Å². The Morgan fingerprint density at radius 2 is 1.50 bits per heavy atom. The molecule has 0 spiro atoms. The maximum atomic E-state index is 13.1. The van der Waals surface area contributed by atoms with Crippen molar-refractivity contribution in [3.8, 4) is 0 Å². The molecule has 1 heterocycles. The quantitative estimate of drug-likeness (QED) is 0.288. The summed E-state index contributed by atoms with van der Waals surface area (Å²) in [5, 5.41) is 13.1. The van der Waals surface area contributed by atoms with Crippen molar-refractivity contribution < 1.29 is 9.67 Å². The third kappa shape index (κ3) is 4.59. The van der Waals surface area contributed by atoms with Gasteiger partial charge in [-0.05, 0) is 29.4 Å². The van der Waals surface area contributed by atoms with Crippen molar-refractivity contribution in [2.45, 2.75) is 12.7 Å². The minimum atomic E-state index is -0.0648. The smallest absolute Gasteiger partial charge is 0.228 e. The van der Waals surface area contributed by atoms with Crippen molar-refractivity contribution in [1.82, 2.24) is 0 Å². The molecule has 0 radical (unpaired) electrons. The molecule has 0 aliphatic heterocycles. The van der Waals surface area contributed by atoms with Crippen LogP contribution in [-0.4, -0.2) is 4.20 Å². The first-order chi connectivity index (χ1) is 12.6. The van der Waals surface area contributed by atoms with Crippen LogP contribution in [0, 0.1) is 6.92 Å². The van der Waals surface area contributed by atoms with Crippen LogP contribution in [-0.2, 0) is 5.75 Å². The van der Waals surface area contributed by atoms with Crippen molar-refractivity contribution in [3.63, 3.8) is 0 Å².